The van der Waals surface area contributed by atoms with Crippen LogP contribution >= 0.6 is 0 Å². The topological polar surface area (TPSA) is 422 Å². The highest BCUT2D eigenvalue weighted by atomic mass is 16.8. The van der Waals surface area contributed by atoms with Crippen molar-refractivity contribution in [2.75, 3.05) is 26.9 Å². The fourth-order valence-corrected chi connectivity index (χ4v) is 6.81. The second-order valence-electron chi connectivity index (χ2n) is 13.7. The Labute approximate surface area is 325 Å². The van der Waals surface area contributed by atoms with Gasteiger partial charge in [0.2, 0.25) is 0 Å². The normalized spacial score (nSPS) is 44.4. The second kappa shape index (κ2) is 22.6. The van der Waals surface area contributed by atoms with E-state index < -0.39 is 160 Å². The molecule has 0 radical (unpaired) electrons. The monoisotopic (exact) mass is 834 g/mol. The quantitative estimate of drug-likeness (QED) is 0.0767. The molecular weight excluding hydrogens is 780 g/mol. The van der Waals surface area contributed by atoms with Gasteiger partial charge in [0, 0.05) is 25.4 Å². The van der Waals surface area contributed by atoms with Gasteiger partial charge in [-0.1, -0.05) is 13.8 Å². The molecular formula is C32H54N2O23. The van der Waals surface area contributed by atoms with Gasteiger partial charge in [-0.25, -0.2) is 4.79 Å². The molecule has 0 spiro atoms. The van der Waals surface area contributed by atoms with Crippen molar-refractivity contribution in [3.8, 4) is 12.5 Å². The summed E-state index contributed by atoms with van der Waals surface area (Å²) in [7, 11) is 1.31. The predicted octanol–water partition coefficient (Wildman–Crippen LogP) is -6.63. The summed E-state index contributed by atoms with van der Waals surface area (Å²) in [6.45, 7) is 1.78. The van der Waals surface area contributed by atoms with Gasteiger partial charge in [0.15, 0.2) is 18.9 Å². The molecule has 0 bridgehead atoms. The molecule has 0 aromatic carbocycles. The zero-order chi connectivity index (χ0) is 43.5. The molecule has 0 aromatic heterocycles. The molecule has 0 saturated carbocycles. The summed E-state index contributed by atoms with van der Waals surface area (Å²) in [5.74, 6) is -6.55. The summed E-state index contributed by atoms with van der Waals surface area (Å²) < 4.78 is 45.9. The molecule has 0 amide bonds. The van der Waals surface area contributed by atoms with Gasteiger partial charge in [-0.15, -0.1) is 0 Å². The number of nitriles is 2. The third-order valence-electron chi connectivity index (χ3n) is 10.1. The Kier molecular flexibility index (Phi) is 20.0. The molecule has 0 aromatic rings. The fourth-order valence-electron chi connectivity index (χ4n) is 6.81. The lowest BCUT2D eigenvalue weighted by Gasteiger charge is -2.51. The average molecular weight is 835 g/mol. The molecule has 57 heavy (non-hydrogen) atoms. The smallest absolute Gasteiger partial charge is 0.364 e. The van der Waals surface area contributed by atoms with Crippen LogP contribution in [0.4, 0.5) is 0 Å². The molecule has 25 nitrogen and oxygen atoms in total. The minimum Gasteiger partial charge on any atom is -0.477 e. The summed E-state index contributed by atoms with van der Waals surface area (Å²) >= 11 is 0. The van der Waals surface area contributed by atoms with Crippen molar-refractivity contribution in [2.45, 2.75) is 143 Å². The molecule has 25 heteroatoms. The second-order valence-corrected chi connectivity index (χ2v) is 13.7. The molecule has 330 valence electrons. The standard InChI is InChI=1S/C30H52O21.2CHNO/c1-9-12(34)5-30(29(42)43,50-22(9)17(37)13(35)6-31)51-25-18(38)14(7-32)46-28(21(25)41)49-24-15(8-33)47-26(44-4)10(2)23(24)48-27-20(40)19(39)16(36)11(3)45-27;2*2-1-3/h9-28,31-41H,5-8H2,1-4H3,(H,42,43);2*3H/t9-,10?,11?,12-,13-,14?,15?,16-,17-,18+,19+,20?,21?,22?,23-,24-,25+,26?,27+,28+,30+;;/m1../s1. The van der Waals surface area contributed by atoms with Crippen LogP contribution in [0.5, 0.6) is 0 Å². The number of aliphatic hydroxyl groups is 13. The number of hydrogen-bond acceptors (Lipinski definition) is 24. The highest BCUT2D eigenvalue weighted by molar-refractivity contribution is 5.76. The number of carbonyl (C=O) groups is 1. The number of aliphatic carboxylic acids is 1. The van der Waals surface area contributed by atoms with Crippen molar-refractivity contribution in [1.82, 2.24) is 0 Å². The molecule has 4 rings (SSSR count). The minimum atomic E-state index is -2.88. The van der Waals surface area contributed by atoms with Crippen LogP contribution in [0, 0.1) is 34.9 Å². The predicted molar refractivity (Wildman–Crippen MR) is 176 cm³/mol. The van der Waals surface area contributed by atoms with E-state index in [1.54, 1.807) is 6.92 Å². The zero-order valence-corrected chi connectivity index (χ0v) is 31.2. The maximum absolute atomic E-state index is 12.7. The molecule has 4 aliphatic heterocycles. The zero-order valence-electron chi connectivity index (χ0n) is 31.2. The van der Waals surface area contributed by atoms with E-state index in [1.807, 2.05) is 0 Å². The first kappa shape index (κ1) is 50.4. The van der Waals surface area contributed by atoms with Crippen LogP contribution in [-0.2, 0) is 42.7 Å². The van der Waals surface area contributed by atoms with Crippen molar-refractivity contribution in [2.24, 2.45) is 11.8 Å². The van der Waals surface area contributed by atoms with Crippen LogP contribution in [-0.4, -0.2) is 221 Å². The Morgan fingerprint density at radius 2 is 1.28 bits per heavy atom. The average Bonchev–Trinajstić information content (AvgIpc) is 3.18. The Morgan fingerprint density at radius 3 is 1.79 bits per heavy atom. The van der Waals surface area contributed by atoms with Crippen molar-refractivity contribution < 1.29 is 114 Å². The summed E-state index contributed by atoms with van der Waals surface area (Å²) in [6.07, 6.45) is -28.3. The van der Waals surface area contributed by atoms with Crippen LogP contribution in [0.2, 0.25) is 0 Å². The number of nitrogens with zero attached hydrogens (tertiary/aromatic N) is 2. The third kappa shape index (κ3) is 11.5. The Morgan fingerprint density at radius 1 is 0.754 bits per heavy atom. The van der Waals surface area contributed by atoms with Gasteiger partial charge in [0.1, 0.15) is 67.1 Å². The van der Waals surface area contributed by atoms with E-state index in [0.717, 1.165) is 12.5 Å². The number of ether oxygens (including phenoxy) is 8. The lowest BCUT2D eigenvalue weighted by molar-refractivity contribution is -0.394. The Balaban J connectivity index is 0.00000175. The van der Waals surface area contributed by atoms with Gasteiger partial charge in [0.05, 0.1) is 44.2 Å². The summed E-state index contributed by atoms with van der Waals surface area (Å²) in [4.78, 5) is 12.7. The van der Waals surface area contributed by atoms with Gasteiger partial charge < -0.3 is 109 Å². The molecule has 4 heterocycles. The molecule has 4 aliphatic rings. The van der Waals surface area contributed by atoms with Crippen LogP contribution in [0.1, 0.15) is 27.2 Å². The van der Waals surface area contributed by atoms with E-state index >= 15 is 0 Å². The van der Waals surface area contributed by atoms with Gasteiger partial charge in [0.25, 0.3) is 18.3 Å². The maximum Gasteiger partial charge on any atom is 0.364 e. The maximum atomic E-state index is 12.7. The number of carboxylic acids is 1. The molecule has 8 unspecified atom stereocenters. The van der Waals surface area contributed by atoms with Gasteiger partial charge >= 0.3 is 5.97 Å². The fraction of sp³-hybridized carbons (Fsp3) is 0.906. The number of methoxy groups -OCH3 is 1. The van der Waals surface area contributed by atoms with Gasteiger partial charge in [-0.3, -0.25) is 0 Å². The van der Waals surface area contributed by atoms with Crippen molar-refractivity contribution in [1.29, 1.82) is 10.5 Å². The largest absolute Gasteiger partial charge is 0.477 e. The van der Waals surface area contributed by atoms with E-state index in [9.17, 15) is 66.1 Å². The number of carboxylic acid groups (broad SMARTS) is 1. The molecule has 4 saturated heterocycles. The van der Waals surface area contributed by atoms with E-state index in [4.69, 9.17) is 58.6 Å². The minimum absolute atomic E-state index is 0.743. The van der Waals surface area contributed by atoms with Crippen molar-refractivity contribution in [3.05, 3.63) is 0 Å². The third-order valence-corrected chi connectivity index (χ3v) is 10.1. The number of hydrogen-bond donors (Lipinski definition) is 14. The Bertz CT molecular complexity index is 1300. The van der Waals surface area contributed by atoms with Crippen molar-refractivity contribution >= 4 is 5.97 Å². The first-order valence-corrected chi connectivity index (χ1v) is 17.5. The van der Waals surface area contributed by atoms with Gasteiger partial charge in [-0.05, 0) is 6.92 Å². The van der Waals surface area contributed by atoms with Crippen LogP contribution < -0.4 is 0 Å². The van der Waals surface area contributed by atoms with Gasteiger partial charge in [-0.2, -0.15) is 10.5 Å². The highest BCUT2D eigenvalue weighted by Crippen LogP contribution is 2.41. The lowest BCUT2D eigenvalue weighted by atomic mass is 9.84. The first-order chi connectivity index (χ1) is 26.8. The lowest BCUT2D eigenvalue weighted by Crippen LogP contribution is -2.68. The van der Waals surface area contributed by atoms with Crippen LogP contribution in [0.3, 0.4) is 0 Å². The molecule has 0 aliphatic carbocycles. The van der Waals surface area contributed by atoms with E-state index in [-0.39, 0.29) is 0 Å². The summed E-state index contributed by atoms with van der Waals surface area (Å²) in [5, 5.41) is 153. The van der Waals surface area contributed by atoms with E-state index in [0.29, 0.717) is 0 Å². The summed E-state index contributed by atoms with van der Waals surface area (Å²) in [6, 6.07) is 0. The SMILES string of the molecule is COC1OC(CO)[C@@H](O[C@@H]2OC(CO)[C@H](O)[C@H](O[C@]3(C(=O)O)C[C@@H](O)[C@@H](C)C([C@H](O)[C@H](O)CO)O3)C2O)[C@H](O[C@@H]2OC(C)[C@@H](O)[C@H](O)C2O)C1C.N#CO.N#CO. The Hall–Kier alpha value is -2.71. The van der Waals surface area contributed by atoms with Crippen LogP contribution in [0.15, 0.2) is 0 Å². The van der Waals surface area contributed by atoms with E-state index in [2.05, 4.69) is 0 Å². The molecule has 14 N–H and O–H groups in total. The molecule has 21 atom stereocenters. The molecule has 4 fully saturated rings. The number of aliphatic hydroxyl groups excluding tert-OH is 13. The van der Waals surface area contributed by atoms with E-state index in [1.165, 1.54) is 21.0 Å². The van der Waals surface area contributed by atoms with Crippen LogP contribution in [0.25, 0.3) is 0 Å². The number of rotatable bonds is 13. The highest BCUT2D eigenvalue weighted by Gasteiger charge is 2.59. The summed E-state index contributed by atoms with van der Waals surface area (Å²) in [5.41, 5.74) is 0. The first-order valence-electron chi connectivity index (χ1n) is 17.5. The van der Waals surface area contributed by atoms with Crippen molar-refractivity contribution in [3.63, 3.8) is 0 Å².